The van der Waals surface area contributed by atoms with Gasteiger partial charge in [0.25, 0.3) is 0 Å². The third-order valence-corrected chi connectivity index (χ3v) is 6.22. The van der Waals surface area contributed by atoms with Gasteiger partial charge in [-0.25, -0.2) is 4.98 Å². The molecule has 0 unspecified atom stereocenters. The molecule has 0 aliphatic carbocycles. The molecule has 1 aromatic carbocycles. The molecule has 0 bridgehead atoms. The van der Waals surface area contributed by atoms with Crippen molar-refractivity contribution >= 4 is 46.0 Å². The van der Waals surface area contributed by atoms with E-state index >= 15 is 0 Å². The topological polar surface area (TPSA) is 80.9 Å². The fraction of sp³-hybridized carbons (Fsp3) is 0.111. The minimum absolute atomic E-state index is 0.105. The summed E-state index contributed by atoms with van der Waals surface area (Å²) in [6.45, 7) is 1.89. The highest BCUT2D eigenvalue weighted by Crippen LogP contribution is 2.29. The average Bonchev–Trinajstić information content (AvgIpc) is 3.39. The summed E-state index contributed by atoms with van der Waals surface area (Å²) < 4.78 is 6.46. The van der Waals surface area contributed by atoms with Gasteiger partial charge in [0.2, 0.25) is 5.91 Å². The molecule has 0 spiro atoms. The van der Waals surface area contributed by atoms with Crippen molar-refractivity contribution in [2.75, 3.05) is 5.32 Å². The molecule has 4 aromatic rings. The van der Waals surface area contributed by atoms with E-state index in [9.17, 15) is 4.79 Å². The lowest BCUT2D eigenvalue weighted by molar-refractivity contribution is -0.115. The normalized spacial score (nSPS) is 10.9. The van der Waals surface area contributed by atoms with Crippen LogP contribution in [0.1, 0.15) is 11.5 Å². The minimum Gasteiger partial charge on any atom is -0.459 e. The molecule has 0 aliphatic heterocycles. The number of thiazole rings is 1. The Morgan fingerprint density at radius 1 is 1.19 bits per heavy atom. The SMILES string of the molecule is Cc1ccc(-c2nc(CC(=O)Nc3ccc(Sc4nncs4)cc3)cs2)o1. The van der Waals surface area contributed by atoms with Crippen LogP contribution in [-0.2, 0) is 11.2 Å². The number of benzene rings is 1. The second-order valence-corrected chi connectivity index (χ2v) is 8.62. The van der Waals surface area contributed by atoms with E-state index in [1.54, 1.807) is 17.3 Å². The van der Waals surface area contributed by atoms with Crippen LogP contribution >= 0.6 is 34.4 Å². The second-order valence-electron chi connectivity index (χ2n) is 5.61. The molecule has 0 atom stereocenters. The molecule has 0 aliphatic rings. The molecule has 1 amide bonds. The lowest BCUT2D eigenvalue weighted by Crippen LogP contribution is -2.14. The number of carbonyl (C=O) groups excluding carboxylic acids is 1. The molecule has 6 nitrogen and oxygen atoms in total. The Bertz CT molecular complexity index is 1040. The lowest BCUT2D eigenvalue weighted by atomic mass is 10.3. The molecule has 27 heavy (non-hydrogen) atoms. The third-order valence-electron chi connectivity index (χ3n) is 3.53. The van der Waals surface area contributed by atoms with Crippen molar-refractivity contribution in [1.29, 1.82) is 0 Å². The maximum absolute atomic E-state index is 12.3. The lowest BCUT2D eigenvalue weighted by Gasteiger charge is -2.05. The third kappa shape index (κ3) is 4.62. The van der Waals surface area contributed by atoms with Gasteiger partial charge in [0.05, 0.1) is 12.1 Å². The maximum Gasteiger partial charge on any atom is 0.230 e. The van der Waals surface area contributed by atoms with Crippen LogP contribution in [0.4, 0.5) is 5.69 Å². The quantitative estimate of drug-likeness (QED) is 0.483. The van der Waals surface area contributed by atoms with Crippen molar-refractivity contribution in [2.24, 2.45) is 0 Å². The summed E-state index contributed by atoms with van der Waals surface area (Å²) in [5, 5.41) is 13.4. The second kappa shape index (κ2) is 8.03. The smallest absolute Gasteiger partial charge is 0.230 e. The van der Waals surface area contributed by atoms with E-state index < -0.39 is 0 Å². The first kappa shape index (κ1) is 17.9. The van der Waals surface area contributed by atoms with Gasteiger partial charge in [-0.1, -0.05) is 23.1 Å². The number of carbonyl (C=O) groups is 1. The number of furan rings is 1. The number of amides is 1. The number of hydrogen-bond donors (Lipinski definition) is 1. The summed E-state index contributed by atoms with van der Waals surface area (Å²) in [6.07, 6.45) is 0.220. The van der Waals surface area contributed by atoms with Crippen LogP contribution in [0.3, 0.4) is 0 Å². The molecular weight excluding hydrogens is 400 g/mol. The first-order valence-corrected chi connectivity index (χ1v) is 10.6. The van der Waals surface area contributed by atoms with E-state index in [-0.39, 0.29) is 12.3 Å². The van der Waals surface area contributed by atoms with Crippen LogP contribution in [-0.4, -0.2) is 21.1 Å². The van der Waals surface area contributed by atoms with Gasteiger partial charge in [-0.3, -0.25) is 4.79 Å². The number of hydrogen-bond acceptors (Lipinski definition) is 8. The maximum atomic E-state index is 12.3. The van der Waals surface area contributed by atoms with Crippen molar-refractivity contribution in [3.05, 3.63) is 58.7 Å². The van der Waals surface area contributed by atoms with Crippen LogP contribution in [0.2, 0.25) is 0 Å². The number of nitrogens with zero attached hydrogens (tertiary/aromatic N) is 3. The van der Waals surface area contributed by atoms with E-state index in [1.807, 2.05) is 48.7 Å². The molecule has 1 N–H and O–H groups in total. The number of anilines is 1. The fourth-order valence-electron chi connectivity index (χ4n) is 2.34. The Morgan fingerprint density at radius 3 is 2.74 bits per heavy atom. The van der Waals surface area contributed by atoms with E-state index in [4.69, 9.17) is 4.42 Å². The standard InChI is InChI=1S/C18H14N4O2S3/c1-11-2-7-15(24-11)17-21-13(9-25-17)8-16(23)20-12-3-5-14(6-4-12)27-18-22-19-10-26-18/h2-7,9-10H,8H2,1H3,(H,20,23). The summed E-state index contributed by atoms with van der Waals surface area (Å²) in [6, 6.07) is 11.4. The van der Waals surface area contributed by atoms with Crippen LogP contribution in [0, 0.1) is 6.92 Å². The summed E-state index contributed by atoms with van der Waals surface area (Å²) in [4.78, 5) is 17.8. The van der Waals surface area contributed by atoms with Gasteiger partial charge in [0.1, 0.15) is 11.3 Å². The molecule has 0 saturated heterocycles. The van der Waals surface area contributed by atoms with E-state index in [2.05, 4.69) is 20.5 Å². The van der Waals surface area contributed by atoms with Crippen molar-refractivity contribution < 1.29 is 9.21 Å². The molecule has 9 heteroatoms. The predicted molar refractivity (Wildman–Crippen MR) is 107 cm³/mol. The van der Waals surface area contributed by atoms with Crippen LogP contribution in [0.5, 0.6) is 0 Å². The highest BCUT2D eigenvalue weighted by molar-refractivity contribution is 8.01. The molecule has 0 fully saturated rings. The number of aryl methyl sites for hydroxylation is 1. The summed E-state index contributed by atoms with van der Waals surface area (Å²) in [5.74, 6) is 1.46. The van der Waals surface area contributed by atoms with E-state index in [0.29, 0.717) is 0 Å². The molecule has 3 heterocycles. The Hall–Kier alpha value is -2.49. The van der Waals surface area contributed by atoms with Crippen molar-refractivity contribution in [2.45, 2.75) is 22.6 Å². The van der Waals surface area contributed by atoms with Gasteiger partial charge in [-0.2, -0.15) is 0 Å². The summed E-state index contributed by atoms with van der Waals surface area (Å²) >= 11 is 4.51. The van der Waals surface area contributed by atoms with Crippen LogP contribution in [0.25, 0.3) is 10.8 Å². The minimum atomic E-state index is -0.105. The van der Waals surface area contributed by atoms with Gasteiger partial charge in [0.15, 0.2) is 15.1 Å². The fourth-order valence-corrected chi connectivity index (χ4v) is 4.57. The Labute approximate surface area is 167 Å². The first-order valence-electron chi connectivity index (χ1n) is 8.01. The molecule has 4 rings (SSSR count). The zero-order valence-corrected chi connectivity index (χ0v) is 16.7. The number of nitrogens with one attached hydrogen (secondary N) is 1. The summed E-state index contributed by atoms with van der Waals surface area (Å²) in [7, 11) is 0. The first-order chi connectivity index (χ1) is 13.2. The molecule has 0 saturated carbocycles. The predicted octanol–water partition coefficient (Wildman–Crippen LogP) is 4.90. The highest BCUT2D eigenvalue weighted by Gasteiger charge is 2.11. The van der Waals surface area contributed by atoms with Crippen molar-refractivity contribution in [3.63, 3.8) is 0 Å². The molecule has 3 aromatic heterocycles. The molecular formula is C18H14N4O2S3. The highest BCUT2D eigenvalue weighted by atomic mass is 32.2. The van der Waals surface area contributed by atoms with Crippen LogP contribution < -0.4 is 5.32 Å². The Balaban J connectivity index is 1.34. The van der Waals surface area contributed by atoms with Gasteiger partial charge in [-0.15, -0.1) is 21.5 Å². The number of aromatic nitrogens is 3. The van der Waals surface area contributed by atoms with E-state index in [0.717, 1.165) is 37.1 Å². The van der Waals surface area contributed by atoms with E-state index in [1.165, 1.54) is 22.7 Å². The largest absolute Gasteiger partial charge is 0.459 e. The van der Waals surface area contributed by atoms with Crippen molar-refractivity contribution in [1.82, 2.24) is 15.2 Å². The van der Waals surface area contributed by atoms with Crippen LogP contribution in [0.15, 0.2) is 60.9 Å². The van der Waals surface area contributed by atoms with Gasteiger partial charge < -0.3 is 9.73 Å². The molecule has 0 radical (unpaired) electrons. The average molecular weight is 415 g/mol. The Kier molecular flexibility index (Phi) is 5.33. The zero-order chi connectivity index (χ0) is 18.6. The van der Waals surface area contributed by atoms with Gasteiger partial charge in [-0.05, 0) is 43.3 Å². The molecule has 136 valence electrons. The van der Waals surface area contributed by atoms with Gasteiger partial charge >= 0.3 is 0 Å². The monoisotopic (exact) mass is 414 g/mol. The van der Waals surface area contributed by atoms with Crippen molar-refractivity contribution in [3.8, 4) is 10.8 Å². The van der Waals surface area contributed by atoms with Gasteiger partial charge in [0, 0.05) is 16.0 Å². The zero-order valence-electron chi connectivity index (χ0n) is 14.2. The number of rotatable bonds is 6. The Morgan fingerprint density at radius 2 is 2.04 bits per heavy atom. The summed E-state index contributed by atoms with van der Waals surface area (Å²) in [5.41, 5.74) is 3.18.